The summed E-state index contributed by atoms with van der Waals surface area (Å²) in [5, 5.41) is 0. The number of nitrogens with zero attached hydrogens (tertiary/aromatic N) is 1. The Labute approximate surface area is 132 Å². The van der Waals surface area contributed by atoms with Gasteiger partial charge < -0.3 is 17.0 Å². The first-order chi connectivity index (χ1) is 9.33. The maximum Gasteiger partial charge on any atom is 0.138 e. The molecule has 0 atom stereocenters. The molecule has 1 nitrogen and oxygen atoms in total. The Hall–Kier alpha value is -1.64. The van der Waals surface area contributed by atoms with Gasteiger partial charge in [-0.05, 0) is 36.4 Å². The third kappa shape index (κ3) is 3.27. The van der Waals surface area contributed by atoms with Gasteiger partial charge in [0.05, 0.1) is 0 Å². The van der Waals surface area contributed by atoms with Crippen LogP contribution >= 0.6 is 0 Å². The van der Waals surface area contributed by atoms with Gasteiger partial charge in [0.25, 0.3) is 0 Å². The minimum Gasteiger partial charge on any atom is -1.00 e. The van der Waals surface area contributed by atoms with E-state index in [1.165, 1.54) is 11.4 Å². The molecule has 0 aliphatic carbocycles. The zero-order valence-corrected chi connectivity index (χ0v) is 13.2. The summed E-state index contributed by atoms with van der Waals surface area (Å²) in [5.41, 5.74) is 2.52. The number of hydrogen-bond acceptors (Lipinski definition) is 0. The molecule has 2 heteroatoms. The standard InChI is InChI=1S/C18H20N.BrH/c1-3-15-19(16-4-2,17-11-7-5-8-12-17)18-13-9-6-10-14-18;/h3-14H,1-2,15-16H2;1H/q+1;/p-1. The van der Waals surface area contributed by atoms with Crippen LogP contribution < -0.4 is 21.5 Å². The summed E-state index contributed by atoms with van der Waals surface area (Å²) in [5.74, 6) is 0. The molecule has 2 aromatic carbocycles. The van der Waals surface area contributed by atoms with Crippen LogP contribution in [0.5, 0.6) is 0 Å². The topological polar surface area (TPSA) is 0 Å². The summed E-state index contributed by atoms with van der Waals surface area (Å²) in [6, 6.07) is 21.1. The first-order valence-electron chi connectivity index (χ1n) is 6.53. The molecule has 20 heavy (non-hydrogen) atoms. The molecule has 0 aliphatic rings. The molecule has 0 spiro atoms. The van der Waals surface area contributed by atoms with Gasteiger partial charge in [-0.25, -0.2) is 0 Å². The second-order valence-electron chi connectivity index (χ2n) is 4.58. The minimum atomic E-state index is 0. The van der Waals surface area contributed by atoms with E-state index in [4.69, 9.17) is 0 Å². The van der Waals surface area contributed by atoms with Gasteiger partial charge in [-0.1, -0.05) is 49.6 Å². The van der Waals surface area contributed by atoms with Crippen molar-refractivity contribution < 1.29 is 17.0 Å². The second kappa shape index (κ2) is 7.83. The number of halogens is 1. The fraction of sp³-hybridized carbons (Fsp3) is 0.111. The van der Waals surface area contributed by atoms with E-state index in [0.717, 1.165) is 17.6 Å². The van der Waals surface area contributed by atoms with E-state index in [1.54, 1.807) is 0 Å². The van der Waals surface area contributed by atoms with Gasteiger partial charge >= 0.3 is 0 Å². The van der Waals surface area contributed by atoms with Crippen molar-refractivity contribution in [3.8, 4) is 0 Å². The van der Waals surface area contributed by atoms with Crippen LogP contribution in [0.1, 0.15) is 0 Å². The Morgan fingerprint density at radius 2 is 1.05 bits per heavy atom. The molecule has 0 saturated carbocycles. The van der Waals surface area contributed by atoms with Crippen molar-refractivity contribution in [1.29, 1.82) is 0 Å². The molecule has 104 valence electrons. The van der Waals surface area contributed by atoms with E-state index in [1.807, 2.05) is 24.3 Å². The Balaban J connectivity index is 0.00000200. The average molecular weight is 330 g/mol. The first-order valence-corrected chi connectivity index (χ1v) is 6.53. The largest absolute Gasteiger partial charge is 1.00 e. The van der Waals surface area contributed by atoms with E-state index < -0.39 is 0 Å². The predicted octanol–water partition coefficient (Wildman–Crippen LogP) is 1.70. The van der Waals surface area contributed by atoms with Crippen molar-refractivity contribution >= 4 is 11.4 Å². The van der Waals surface area contributed by atoms with Gasteiger partial charge in [0, 0.05) is 0 Å². The molecule has 0 heterocycles. The highest BCUT2D eigenvalue weighted by Crippen LogP contribution is 2.34. The summed E-state index contributed by atoms with van der Waals surface area (Å²) in [7, 11) is 0. The lowest BCUT2D eigenvalue weighted by molar-refractivity contribution is -0.00000378. The molecule has 2 aromatic rings. The van der Waals surface area contributed by atoms with Crippen LogP contribution in [0.25, 0.3) is 0 Å². The fourth-order valence-corrected chi connectivity index (χ4v) is 2.51. The van der Waals surface area contributed by atoms with Crippen LogP contribution in [0, 0.1) is 0 Å². The molecule has 0 amide bonds. The number of quaternary nitrogens is 1. The highest BCUT2D eigenvalue weighted by molar-refractivity contribution is 5.59. The van der Waals surface area contributed by atoms with Gasteiger partial charge in [-0.3, -0.25) is 4.48 Å². The van der Waals surface area contributed by atoms with Crippen LogP contribution in [-0.2, 0) is 0 Å². The molecule has 0 radical (unpaired) electrons. The van der Waals surface area contributed by atoms with Crippen molar-refractivity contribution in [2.45, 2.75) is 0 Å². The Morgan fingerprint density at radius 1 is 0.700 bits per heavy atom. The average Bonchev–Trinajstić information content (AvgIpc) is 2.49. The van der Waals surface area contributed by atoms with E-state index in [9.17, 15) is 0 Å². The Kier molecular flexibility index (Phi) is 6.43. The van der Waals surface area contributed by atoms with Crippen molar-refractivity contribution in [3.05, 3.63) is 86.0 Å². The lowest BCUT2D eigenvalue weighted by atomic mass is 10.1. The molecular formula is C18H20BrN. The lowest BCUT2D eigenvalue weighted by Gasteiger charge is -2.36. The van der Waals surface area contributed by atoms with Crippen molar-refractivity contribution in [2.75, 3.05) is 13.1 Å². The van der Waals surface area contributed by atoms with Gasteiger partial charge in [-0.15, -0.1) is 0 Å². The van der Waals surface area contributed by atoms with Crippen LogP contribution in [0.2, 0.25) is 0 Å². The number of hydrogen-bond donors (Lipinski definition) is 0. The highest BCUT2D eigenvalue weighted by atomic mass is 79.9. The maximum absolute atomic E-state index is 3.93. The van der Waals surface area contributed by atoms with E-state index in [-0.39, 0.29) is 17.0 Å². The smallest absolute Gasteiger partial charge is 0.138 e. The quantitative estimate of drug-likeness (QED) is 0.559. The van der Waals surface area contributed by atoms with Crippen LogP contribution in [0.15, 0.2) is 86.0 Å². The van der Waals surface area contributed by atoms with E-state index >= 15 is 0 Å². The lowest BCUT2D eigenvalue weighted by Crippen LogP contribution is -3.00. The predicted molar refractivity (Wildman–Crippen MR) is 84.5 cm³/mol. The summed E-state index contributed by atoms with van der Waals surface area (Å²) in [4.78, 5) is 0. The fourth-order valence-electron chi connectivity index (χ4n) is 2.51. The second-order valence-corrected chi connectivity index (χ2v) is 4.58. The van der Waals surface area contributed by atoms with Crippen molar-refractivity contribution in [2.24, 2.45) is 0 Å². The molecular weight excluding hydrogens is 310 g/mol. The minimum absolute atomic E-state index is 0. The maximum atomic E-state index is 3.93. The summed E-state index contributed by atoms with van der Waals surface area (Å²) >= 11 is 0. The molecule has 0 saturated heterocycles. The molecule has 0 aliphatic heterocycles. The zero-order valence-electron chi connectivity index (χ0n) is 11.6. The van der Waals surface area contributed by atoms with Gasteiger partial charge in [0.15, 0.2) is 0 Å². The monoisotopic (exact) mass is 329 g/mol. The molecule has 0 unspecified atom stereocenters. The number of rotatable bonds is 6. The molecule has 0 bridgehead atoms. The molecule has 0 fully saturated rings. The zero-order chi connectivity index (χ0) is 13.6. The number of para-hydroxylation sites is 2. The summed E-state index contributed by atoms with van der Waals surface area (Å²) < 4.78 is 0.731. The van der Waals surface area contributed by atoms with E-state index in [0.29, 0.717) is 0 Å². The summed E-state index contributed by atoms with van der Waals surface area (Å²) in [6.07, 6.45) is 3.95. The SMILES string of the molecule is C=CC[N+](CC=C)(c1ccccc1)c1ccccc1.[Br-]. The summed E-state index contributed by atoms with van der Waals surface area (Å²) in [6.45, 7) is 9.55. The third-order valence-electron chi connectivity index (χ3n) is 3.38. The highest BCUT2D eigenvalue weighted by Gasteiger charge is 2.30. The van der Waals surface area contributed by atoms with Gasteiger partial charge in [0.2, 0.25) is 0 Å². The third-order valence-corrected chi connectivity index (χ3v) is 3.38. The van der Waals surface area contributed by atoms with Crippen LogP contribution in [-0.4, -0.2) is 13.1 Å². The first kappa shape index (κ1) is 16.4. The Morgan fingerprint density at radius 3 is 1.35 bits per heavy atom. The molecule has 0 aromatic heterocycles. The van der Waals surface area contributed by atoms with Gasteiger partial charge in [-0.2, -0.15) is 0 Å². The Bertz CT molecular complexity index is 482. The van der Waals surface area contributed by atoms with Crippen molar-refractivity contribution in [3.63, 3.8) is 0 Å². The molecule has 0 N–H and O–H groups in total. The normalized spacial score (nSPS) is 10.4. The number of benzene rings is 2. The van der Waals surface area contributed by atoms with E-state index in [2.05, 4.69) is 61.7 Å². The van der Waals surface area contributed by atoms with Gasteiger partial charge in [0.1, 0.15) is 24.5 Å². The van der Waals surface area contributed by atoms with Crippen LogP contribution in [0.4, 0.5) is 11.4 Å². The molecule has 2 rings (SSSR count). The van der Waals surface area contributed by atoms with Crippen molar-refractivity contribution in [1.82, 2.24) is 4.48 Å². The van der Waals surface area contributed by atoms with Crippen LogP contribution in [0.3, 0.4) is 0 Å².